The molecule has 2 rings (SSSR count). The molecular weight excluding hydrogens is 316 g/mol. The van der Waals surface area contributed by atoms with Gasteiger partial charge in [0.1, 0.15) is 0 Å². The van der Waals surface area contributed by atoms with Crippen molar-refractivity contribution >= 4 is 27.6 Å². The van der Waals surface area contributed by atoms with Gasteiger partial charge in [-0.3, -0.25) is 0 Å². The predicted octanol–water partition coefficient (Wildman–Crippen LogP) is 1.10. The monoisotopic (exact) mass is 332 g/mol. The van der Waals surface area contributed by atoms with Crippen molar-refractivity contribution in [3.05, 3.63) is 28.8 Å². The molecule has 8 heteroatoms. The summed E-state index contributed by atoms with van der Waals surface area (Å²) >= 11 is 5.88. The maximum atomic E-state index is 12.7. The summed E-state index contributed by atoms with van der Waals surface area (Å²) in [6.45, 7) is 1.18. The summed E-state index contributed by atoms with van der Waals surface area (Å²) in [5.74, 6) is -0.569. The third-order valence-electron chi connectivity index (χ3n) is 3.55. The maximum absolute atomic E-state index is 12.7. The summed E-state index contributed by atoms with van der Waals surface area (Å²) in [6.07, 6.45) is 0.712. The van der Waals surface area contributed by atoms with Crippen LogP contribution < -0.4 is 5.73 Å². The number of halogens is 1. The molecule has 1 saturated heterocycles. The van der Waals surface area contributed by atoms with Gasteiger partial charge in [-0.1, -0.05) is 11.6 Å². The van der Waals surface area contributed by atoms with E-state index in [0.717, 1.165) is 0 Å². The number of nitrogens with two attached hydrogens (primary N) is 1. The fraction of sp³-hybridized carbons (Fsp3) is 0.462. The van der Waals surface area contributed by atoms with Crippen molar-refractivity contribution in [2.75, 3.05) is 26.7 Å². The lowest BCUT2D eigenvalue weighted by Crippen LogP contribution is -2.31. The van der Waals surface area contributed by atoms with E-state index in [1.165, 1.54) is 29.6 Å². The summed E-state index contributed by atoms with van der Waals surface area (Å²) in [6, 6.07) is 4.09. The number of esters is 1. The number of sulfonamides is 1. The van der Waals surface area contributed by atoms with Gasteiger partial charge < -0.3 is 10.5 Å². The molecule has 1 unspecified atom stereocenters. The SMILES string of the molecule is COC(=O)c1ccc(Cl)cc1S(=O)(=O)N1CCC(CN)C1. The van der Waals surface area contributed by atoms with Crippen molar-refractivity contribution in [3.63, 3.8) is 0 Å². The van der Waals surface area contributed by atoms with Crippen LogP contribution in [0.1, 0.15) is 16.8 Å². The van der Waals surface area contributed by atoms with Crippen molar-refractivity contribution in [2.45, 2.75) is 11.3 Å². The van der Waals surface area contributed by atoms with Gasteiger partial charge in [0.25, 0.3) is 0 Å². The Hall–Kier alpha value is -1.15. The Morgan fingerprint density at radius 3 is 2.81 bits per heavy atom. The highest BCUT2D eigenvalue weighted by molar-refractivity contribution is 7.89. The first-order valence-electron chi connectivity index (χ1n) is 6.48. The van der Waals surface area contributed by atoms with Gasteiger partial charge >= 0.3 is 5.97 Å². The molecule has 0 aliphatic carbocycles. The highest BCUT2D eigenvalue weighted by atomic mass is 35.5. The van der Waals surface area contributed by atoms with Crippen molar-refractivity contribution in [3.8, 4) is 0 Å². The molecule has 0 spiro atoms. The van der Waals surface area contributed by atoms with Gasteiger partial charge in [0.05, 0.1) is 17.6 Å². The number of carbonyl (C=O) groups excluding carboxylic acids is 1. The second-order valence-corrected chi connectivity index (χ2v) is 7.23. The third kappa shape index (κ3) is 3.21. The minimum Gasteiger partial charge on any atom is -0.465 e. The first kappa shape index (κ1) is 16.2. The summed E-state index contributed by atoms with van der Waals surface area (Å²) in [5.41, 5.74) is 5.57. The van der Waals surface area contributed by atoms with Crippen molar-refractivity contribution < 1.29 is 17.9 Å². The van der Waals surface area contributed by atoms with Crippen molar-refractivity contribution in [1.82, 2.24) is 4.31 Å². The smallest absolute Gasteiger partial charge is 0.339 e. The van der Waals surface area contributed by atoms with Crippen molar-refractivity contribution in [2.24, 2.45) is 11.7 Å². The molecule has 0 aromatic heterocycles. The number of carbonyl (C=O) groups is 1. The normalized spacial score (nSPS) is 19.7. The number of rotatable bonds is 4. The molecular formula is C13H17ClN2O4S. The zero-order valence-corrected chi connectivity index (χ0v) is 13.2. The molecule has 0 bridgehead atoms. The Morgan fingerprint density at radius 2 is 2.24 bits per heavy atom. The topological polar surface area (TPSA) is 89.7 Å². The van der Waals surface area contributed by atoms with Gasteiger partial charge in [-0.25, -0.2) is 13.2 Å². The molecule has 1 atom stereocenters. The Balaban J connectivity index is 2.44. The van der Waals surface area contributed by atoms with Crippen LogP contribution in [0, 0.1) is 5.92 Å². The van der Waals surface area contributed by atoms with Crippen LogP contribution >= 0.6 is 11.6 Å². The molecule has 116 valence electrons. The molecule has 0 radical (unpaired) electrons. The van der Waals surface area contributed by atoms with E-state index in [1.807, 2.05) is 0 Å². The fourth-order valence-corrected chi connectivity index (χ4v) is 4.31. The van der Waals surface area contributed by atoms with Crippen LogP contribution in [-0.2, 0) is 14.8 Å². The lowest BCUT2D eigenvalue weighted by molar-refractivity contribution is 0.0596. The second kappa shape index (κ2) is 6.31. The van der Waals surface area contributed by atoms with Gasteiger partial charge in [0, 0.05) is 18.1 Å². The van der Waals surface area contributed by atoms with E-state index in [2.05, 4.69) is 4.74 Å². The number of nitrogens with zero attached hydrogens (tertiary/aromatic N) is 1. The molecule has 6 nitrogen and oxygen atoms in total. The molecule has 0 amide bonds. The van der Waals surface area contributed by atoms with Gasteiger partial charge in [-0.05, 0) is 37.1 Å². The van der Waals surface area contributed by atoms with E-state index in [9.17, 15) is 13.2 Å². The number of methoxy groups -OCH3 is 1. The Labute approximate surface area is 128 Å². The average Bonchev–Trinajstić information content (AvgIpc) is 2.96. The summed E-state index contributed by atoms with van der Waals surface area (Å²) in [5, 5.41) is 0.246. The number of hydrogen-bond donors (Lipinski definition) is 1. The Bertz CT molecular complexity index is 648. The van der Waals surface area contributed by atoms with Crippen LogP contribution in [0.25, 0.3) is 0 Å². The van der Waals surface area contributed by atoms with Gasteiger partial charge in [-0.2, -0.15) is 4.31 Å². The number of benzene rings is 1. The average molecular weight is 333 g/mol. The highest BCUT2D eigenvalue weighted by Gasteiger charge is 2.34. The minimum atomic E-state index is -3.80. The third-order valence-corrected chi connectivity index (χ3v) is 5.69. The molecule has 2 N–H and O–H groups in total. The quantitative estimate of drug-likeness (QED) is 0.834. The van der Waals surface area contributed by atoms with Crippen LogP contribution in [0.15, 0.2) is 23.1 Å². The molecule has 1 aliphatic rings. The summed E-state index contributed by atoms with van der Waals surface area (Å²) < 4.78 is 31.4. The Kier molecular flexibility index (Phi) is 4.88. The number of hydrogen-bond acceptors (Lipinski definition) is 5. The summed E-state index contributed by atoms with van der Waals surface area (Å²) in [7, 11) is -2.60. The maximum Gasteiger partial charge on any atom is 0.339 e. The van der Waals surface area contributed by atoms with E-state index in [-0.39, 0.29) is 21.4 Å². The van der Waals surface area contributed by atoms with Gasteiger partial charge in [-0.15, -0.1) is 0 Å². The summed E-state index contributed by atoms with van der Waals surface area (Å²) in [4.78, 5) is 11.6. The molecule has 1 aromatic rings. The van der Waals surface area contributed by atoms with E-state index >= 15 is 0 Å². The van der Waals surface area contributed by atoms with Crippen LogP contribution in [0.5, 0.6) is 0 Å². The minimum absolute atomic E-state index is 0.0156. The first-order chi connectivity index (χ1) is 9.90. The molecule has 1 aliphatic heterocycles. The lowest BCUT2D eigenvalue weighted by Gasteiger charge is -2.18. The standard InChI is InChI=1S/C13H17ClN2O4S/c1-20-13(17)11-3-2-10(14)6-12(11)21(18,19)16-5-4-9(7-15)8-16/h2-3,6,9H,4-5,7-8,15H2,1H3. The second-order valence-electron chi connectivity index (χ2n) is 4.89. The van der Waals surface area contributed by atoms with Crippen molar-refractivity contribution in [1.29, 1.82) is 0 Å². The molecule has 1 fully saturated rings. The van der Waals surface area contributed by atoms with E-state index in [0.29, 0.717) is 26.1 Å². The molecule has 1 aromatic carbocycles. The fourth-order valence-electron chi connectivity index (χ4n) is 2.34. The zero-order chi connectivity index (χ0) is 15.6. The van der Waals surface area contributed by atoms with Crippen LogP contribution in [0.3, 0.4) is 0 Å². The lowest BCUT2D eigenvalue weighted by atomic mass is 10.1. The zero-order valence-electron chi connectivity index (χ0n) is 11.6. The van der Waals surface area contributed by atoms with Crippen LogP contribution in [0.4, 0.5) is 0 Å². The van der Waals surface area contributed by atoms with E-state index in [4.69, 9.17) is 17.3 Å². The molecule has 0 saturated carbocycles. The molecule has 21 heavy (non-hydrogen) atoms. The van der Waals surface area contributed by atoms with Crippen LogP contribution in [0.2, 0.25) is 5.02 Å². The first-order valence-corrected chi connectivity index (χ1v) is 8.30. The van der Waals surface area contributed by atoms with E-state index < -0.39 is 16.0 Å². The van der Waals surface area contributed by atoms with E-state index in [1.54, 1.807) is 0 Å². The van der Waals surface area contributed by atoms with Gasteiger partial charge in [0.2, 0.25) is 10.0 Å². The highest BCUT2D eigenvalue weighted by Crippen LogP contribution is 2.28. The molecule has 1 heterocycles. The number of ether oxygens (including phenoxy) is 1. The predicted molar refractivity (Wildman–Crippen MR) is 78.7 cm³/mol. The largest absolute Gasteiger partial charge is 0.465 e. The Morgan fingerprint density at radius 1 is 1.52 bits per heavy atom. The van der Waals surface area contributed by atoms with Crippen LogP contribution in [-0.4, -0.2) is 45.4 Å². The van der Waals surface area contributed by atoms with Gasteiger partial charge in [0.15, 0.2) is 0 Å².